The standard InChI is InChI=1S/C13H23N3O2S/c1-5-8-13(2,3)16-11-7-6-10(14)9-12(11)19(17,18)15-4/h6-7,9,15-16H,5,8,14H2,1-4H3. The molecule has 0 heterocycles. The lowest BCUT2D eigenvalue weighted by Crippen LogP contribution is -2.32. The molecule has 0 amide bonds. The molecule has 0 aliphatic heterocycles. The molecule has 5 nitrogen and oxygen atoms in total. The first-order valence-corrected chi connectivity index (χ1v) is 7.81. The Bertz CT molecular complexity index is 539. The third-order valence-corrected chi connectivity index (χ3v) is 4.37. The maximum absolute atomic E-state index is 12.0. The molecule has 1 aromatic rings. The minimum atomic E-state index is -3.53. The first-order chi connectivity index (χ1) is 8.72. The highest BCUT2D eigenvalue weighted by Gasteiger charge is 2.22. The van der Waals surface area contributed by atoms with Crippen molar-refractivity contribution in [2.24, 2.45) is 0 Å². The van der Waals surface area contributed by atoms with Crippen molar-refractivity contribution in [2.45, 2.75) is 44.0 Å². The molecule has 0 saturated carbocycles. The Hall–Kier alpha value is -1.27. The molecule has 0 radical (unpaired) electrons. The second-order valence-corrected chi connectivity index (χ2v) is 7.08. The van der Waals surface area contributed by atoms with E-state index in [1.54, 1.807) is 12.1 Å². The number of nitrogens with two attached hydrogens (primary N) is 1. The molecule has 6 heteroatoms. The van der Waals surface area contributed by atoms with Gasteiger partial charge in [-0.1, -0.05) is 13.3 Å². The van der Waals surface area contributed by atoms with Gasteiger partial charge < -0.3 is 11.1 Å². The van der Waals surface area contributed by atoms with Crippen molar-refractivity contribution in [1.29, 1.82) is 0 Å². The fraction of sp³-hybridized carbons (Fsp3) is 0.538. The van der Waals surface area contributed by atoms with Crippen LogP contribution in [-0.2, 0) is 10.0 Å². The van der Waals surface area contributed by atoms with Gasteiger partial charge in [0.05, 0.1) is 5.69 Å². The number of rotatable bonds is 6. The summed E-state index contributed by atoms with van der Waals surface area (Å²) < 4.78 is 26.3. The molecule has 0 fully saturated rings. The monoisotopic (exact) mass is 285 g/mol. The number of hydrogen-bond acceptors (Lipinski definition) is 4. The van der Waals surface area contributed by atoms with Gasteiger partial charge in [-0.05, 0) is 45.5 Å². The van der Waals surface area contributed by atoms with Crippen LogP contribution in [-0.4, -0.2) is 21.0 Å². The Balaban J connectivity index is 3.22. The van der Waals surface area contributed by atoms with E-state index in [2.05, 4.69) is 17.0 Å². The van der Waals surface area contributed by atoms with Crippen molar-refractivity contribution in [3.8, 4) is 0 Å². The van der Waals surface area contributed by atoms with Crippen LogP contribution >= 0.6 is 0 Å². The third kappa shape index (κ3) is 4.11. The van der Waals surface area contributed by atoms with Gasteiger partial charge in [0.15, 0.2) is 0 Å². The van der Waals surface area contributed by atoms with Gasteiger partial charge in [-0.25, -0.2) is 13.1 Å². The minimum Gasteiger partial charge on any atom is -0.399 e. The van der Waals surface area contributed by atoms with Crippen LogP contribution in [0, 0.1) is 0 Å². The topological polar surface area (TPSA) is 84.2 Å². The van der Waals surface area contributed by atoms with Gasteiger partial charge in [0.1, 0.15) is 4.90 Å². The lowest BCUT2D eigenvalue weighted by Gasteiger charge is -2.28. The number of benzene rings is 1. The SMILES string of the molecule is CCCC(C)(C)Nc1ccc(N)cc1S(=O)(=O)NC. The highest BCUT2D eigenvalue weighted by molar-refractivity contribution is 7.89. The summed E-state index contributed by atoms with van der Waals surface area (Å²) in [7, 11) is -2.14. The molecule has 0 aromatic heterocycles. The van der Waals surface area contributed by atoms with Crippen LogP contribution in [0.3, 0.4) is 0 Å². The summed E-state index contributed by atoms with van der Waals surface area (Å²) in [5, 5.41) is 3.28. The minimum absolute atomic E-state index is 0.178. The van der Waals surface area contributed by atoms with Gasteiger partial charge in [-0.15, -0.1) is 0 Å². The van der Waals surface area contributed by atoms with Crippen molar-refractivity contribution in [1.82, 2.24) is 4.72 Å². The summed E-state index contributed by atoms with van der Waals surface area (Å²) in [6.45, 7) is 6.18. The average Bonchev–Trinajstić information content (AvgIpc) is 2.31. The summed E-state index contributed by atoms with van der Waals surface area (Å²) in [6, 6.07) is 4.87. The number of anilines is 2. The van der Waals surface area contributed by atoms with E-state index in [-0.39, 0.29) is 10.4 Å². The van der Waals surface area contributed by atoms with E-state index in [0.29, 0.717) is 11.4 Å². The molecule has 0 unspecified atom stereocenters. The van der Waals surface area contributed by atoms with Gasteiger partial charge in [0.25, 0.3) is 0 Å². The van der Waals surface area contributed by atoms with Crippen LogP contribution in [0.1, 0.15) is 33.6 Å². The molecule has 0 spiro atoms. The van der Waals surface area contributed by atoms with Gasteiger partial charge in [-0.3, -0.25) is 0 Å². The maximum atomic E-state index is 12.0. The summed E-state index contributed by atoms with van der Waals surface area (Å²) in [6.07, 6.45) is 1.96. The molecular weight excluding hydrogens is 262 g/mol. The molecule has 0 atom stereocenters. The van der Waals surface area contributed by atoms with E-state index in [1.807, 2.05) is 13.8 Å². The van der Waals surface area contributed by atoms with Gasteiger partial charge in [-0.2, -0.15) is 0 Å². The lowest BCUT2D eigenvalue weighted by atomic mass is 9.98. The van der Waals surface area contributed by atoms with Crippen LogP contribution in [0.2, 0.25) is 0 Å². The van der Waals surface area contributed by atoms with Gasteiger partial charge in [0.2, 0.25) is 10.0 Å². The second kappa shape index (κ2) is 5.79. The lowest BCUT2D eigenvalue weighted by molar-refractivity contribution is 0.509. The smallest absolute Gasteiger partial charge is 0.242 e. The largest absolute Gasteiger partial charge is 0.399 e. The number of nitrogen functional groups attached to an aromatic ring is 1. The molecule has 0 aliphatic rings. The summed E-state index contributed by atoms with van der Waals surface area (Å²) in [5.74, 6) is 0. The summed E-state index contributed by atoms with van der Waals surface area (Å²) in [4.78, 5) is 0.180. The Kier molecular flexibility index (Phi) is 4.81. The number of hydrogen-bond donors (Lipinski definition) is 3. The molecule has 108 valence electrons. The van der Waals surface area contributed by atoms with Crippen molar-refractivity contribution in [3.05, 3.63) is 18.2 Å². The zero-order valence-corrected chi connectivity index (χ0v) is 12.8. The Morgan fingerprint density at radius 2 is 1.95 bits per heavy atom. The summed E-state index contributed by atoms with van der Waals surface area (Å²) in [5.41, 5.74) is 6.50. The number of nitrogens with one attached hydrogen (secondary N) is 2. The van der Waals surface area contributed by atoms with E-state index in [9.17, 15) is 8.42 Å². The van der Waals surface area contributed by atoms with Crippen LogP contribution in [0.25, 0.3) is 0 Å². The van der Waals surface area contributed by atoms with E-state index in [1.165, 1.54) is 13.1 Å². The van der Waals surface area contributed by atoms with Crippen molar-refractivity contribution in [2.75, 3.05) is 18.1 Å². The molecular formula is C13H23N3O2S. The normalized spacial score (nSPS) is 12.4. The van der Waals surface area contributed by atoms with Crippen LogP contribution in [0.15, 0.2) is 23.1 Å². The molecule has 4 N–H and O–H groups in total. The molecule has 0 aliphatic carbocycles. The maximum Gasteiger partial charge on any atom is 0.242 e. The molecule has 0 saturated heterocycles. The predicted molar refractivity (Wildman–Crippen MR) is 79.7 cm³/mol. The van der Waals surface area contributed by atoms with E-state index in [0.717, 1.165) is 12.8 Å². The molecule has 1 rings (SSSR count). The van der Waals surface area contributed by atoms with E-state index >= 15 is 0 Å². The third-order valence-electron chi connectivity index (χ3n) is 2.91. The fourth-order valence-electron chi connectivity index (χ4n) is 2.03. The Labute approximate surface area is 115 Å². The molecule has 19 heavy (non-hydrogen) atoms. The van der Waals surface area contributed by atoms with E-state index in [4.69, 9.17) is 5.73 Å². The predicted octanol–water partition coefficient (Wildman–Crippen LogP) is 2.17. The van der Waals surface area contributed by atoms with Gasteiger partial charge >= 0.3 is 0 Å². The van der Waals surface area contributed by atoms with E-state index < -0.39 is 10.0 Å². The molecule has 1 aromatic carbocycles. The highest BCUT2D eigenvalue weighted by Crippen LogP contribution is 2.28. The Morgan fingerprint density at radius 3 is 2.47 bits per heavy atom. The zero-order chi connectivity index (χ0) is 14.7. The Morgan fingerprint density at radius 1 is 1.32 bits per heavy atom. The second-order valence-electron chi connectivity index (χ2n) is 5.22. The number of sulfonamides is 1. The van der Waals surface area contributed by atoms with Crippen molar-refractivity contribution >= 4 is 21.4 Å². The molecule has 0 bridgehead atoms. The zero-order valence-electron chi connectivity index (χ0n) is 11.9. The van der Waals surface area contributed by atoms with Crippen LogP contribution in [0.4, 0.5) is 11.4 Å². The quantitative estimate of drug-likeness (QED) is 0.699. The van der Waals surface area contributed by atoms with Gasteiger partial charge in [0, 0.05) is 11.2 Å². The van der Waals surface area contributed by atoms with Crippen LogP contribution in [0.5, 0.6) is 0 Å². The first-order valence-electron chi connectivity index (χ1n) is 6.33. The average molecular weight is 285 g/mol. The van der Waals surface area contributed by atoms with Crippen molar-refractivity contribution < 1.29 is 8.42 Å². The van der Waals surface area contributed by atoms with Crippen LogP contribution < -0.4 is 15.8 Å². The highest BCUT2D eigenvalue weighted by atomic mass is 32.2. The van der Waals surface area contributed by atoms with Crippen molar-refractivity contribution in [3.63, 3.8) is 0 Å². The fourth-order valence-corrected chi connectivity index (χ4v) is 2.95. The first kappa shape index (κ1) is 15.8. The summed E-state index contributed by atoms with van der Waals surface area (Å²) >= 11 is 0.